The van der Waals surface area contributed by atoms with Crippen LogP contribution in [0.3, 0.4) is 0 Å². The van der Waals surface area contributed by atoms with Gasteiger partial charge in [-0.2, -0.15) is 5.10 Å². The van der Waals surface area contributed by atoms with Crippen molar-refractivity contribution >= 4 is 49.9 Å². The maximum atomic E-state index is 14.1. The molecule has 39 heavy (non-hydrogen) atoms. The third kappa shape index (κ3) is 5.30. The Kier molecular flexibility index (Phi) is 7.25. The van der Waals surface area contributed by atoms with Gasteiger partial charge in [-0.25, -0.2) is 27.2 Å². The van der Waals surface area contributed by atoms with Crippen LogP contribution in [0.1, 0.15) is 43.4 Å². The van der Waals surface area contributed by atoms with Crippen molar-refractivity contribution in [1.82, 2.24) is 24.3 Å². The van der Waals surface area contributed by atoms with Gasteiger partial charge >= 0.3 is 0 Å². The second-order valence-electron chi connectivity index (χ2n) is 9.51. The van der Waals surface area contributed by atoms with E-state index in [1.165, 1.54) is 17.7 Å². The summed E-state index contributed by atoms with van der Waals surface area (Å²) in [5.74, 6) is -0.468. The Hall–Kier alpha value is -3.29. The molecule has 4 aromatic rings. The van der Waals surface area contributed by atoms with Gasteiger partial charge in [0.2, 0.25) is 10.0 Å². The first-order chi connectivity index (χ1) is 18.4. The van der Waals surface area contributed by atoms with E-state index in [4.69, 9.17) is 16.3 Å². The van der Waals surface area contributed by atoms with E-state index < -0.39 is 28.5 Å². The summed E-state index contributed by atoms with van der Waals surface area (Å²) in [5.41, 5.74) is 3.65. The van der Waals surface area contributed by atoms with Crippen molar-refractivity contribution in [2.45, 2.75) is 38.8 Å². The summed E-state index contributed by atoms with van der Waals surface area (Å²) >= 11 is 6.35. The molecule has 0 amide bonds. The van der Waals surface area contributed by atoms with E-state index in [0.717, 1.165) is 29.1 Å². The van der Waals surface area contributed by atoms with Crippen LogP contribution in [-0.2, 0) is 21.8 Å². The zero-order valence-electron chi connectivity index (χ0n) is 21.8. The molecule has 1 aromatic carbocycles. The maximum absolute atomic E-state index is 14.1. The molecule has 0 saturated carbocycles. The van der Waals surface area contributed by atoms with Crippen molar-refractivity contribution in [2.24, 2.45) is 7.05 Å². The molecule has 1 fully saturated rings. The standard InChI is InChI=1S/C25H28ClF2N7O3S/c1-14-11-17(32-33(14)2)15-8-9-16(19(12-15)34(3)39(4,36)37)29-18-13-20(26)30-24-22(18)31-25(23(27)28)35(24)21-7-5-6-10-38-21/h8-9,11-13,21,23H,5-7,10H2,1-4H3,(H,29,30). The summed E-state index contributed by atoms with van der Waals surface area (Å²) in [6.07, 6.45) is -0.207. The van der Waals surface area contributed by atoms with Crippen molar-refractivity contribution in [3.8, 4) is 11.3 Å². The summed E-state index contributed by atoms with van der Waals surface area (Å²) < 4.78 is 63.3. The van der Waals surface area contributed by atoms with Gasteiger partial charge < -0.3 is 10.1 Å². The molecule has 10 nitrogen and oxygen atoms in total. The van der Waals surface area contributed by atoms with E-state index in [1.807, 2.05) is 20.0 Å². The van der Waals surface area contributed by atoms with Crippen molar-refractivity contribution in [2.75, 3.05) is 29.5 Å². The average Bonchev–Trinajstić information content (AvgIpc) is 3.43. The fourth-order valence-corrected chi connectivity index (χ4v) is 5.29. The summed E-state index contributed by atoms with van der Waals surface area (Å²) in [6, 6.07) is 8.56. The molecule has 1 N–H and O–H groups in total. The highest BCUT2D eigenvalue weighted by atomic mass is 35.5. The smallest absolute Gasteiger partial charge is 0.295 e. The van der Waals surface area contributed by atoms with Crippen LogP contribution in [0.15, 0.2) is 30.3 Å². The van der Waals surface area contributed by atoms with Crippen LogP contribution < -0.4 is 9.62 Å². The topological polar surface area (TPSA) is 107 Å². The Morgan fingerprint density at radius 3 is 2.56 bits per heavy atom. The summed E-state index contributed by atoms with van der Waals surface area (Å²) in [7, 11) is -0.403. The number of nitrogens with one attached hydrogen (secondary N) is 1. The number of ether oxygens (including phenoxy) is 1. The van der Waals surface area contributed by atoms with Crippen molar-refractivity contribution < 1.29 is 21.9 Å². The normalized spacial score (nSPS) is 16.3. The lowest BCUT2D eigenvalue weighted by molar-refractivity contribution is -0.0363. The Bertz CT molecular complexity index is 1630. The van der Waals surface area contributed by atoms with Gasteiger partial charge in [0.05, 0.1) is 29.0 Å². The minimum absolute atomic E-state index is 0.0568. The lowest BCUT2D eigenvalue weighted by Crippen LogP contribution is -2.25. The average molecular weight is 580 g/mol. The summed E-state index contributed by atoms with van der Waals surface area (Å²) in [5, 5.41) is 7.72. The molecule has 208 valence electrons. The molecule has 1 aliphatic heterocycles. The van der Waals surface area contributed by atoms with Gasteiger partial charge in [0.25, 0.3) is 6.43 Å². The van der Waals surface area contributed by atoms with Gasteiger partial charge in [0, 0.05) is 38.0 Å². The number of hydrogen-bond donors (Lipinski definition) is 1. The minimum atomic E-state index is -3.66. The molecule has 0 aliphatic carbocycles. The number of anilines is 3. The first-order valence-electron chi connectivity index (χ1n) is 12.3. The summed E-state index contributed by atoms with van der Waals surface area (Å²) in [6.45, 7) is 2.36. The number of nitrogens with zero attached hydrogens (tertiary/aromatic N) is 6. The predicted molar refractivity (Wildman–Crippen MR) is 146 cm³/mol. The Morgan fingerprint density at radius 2 is 1.95 bits per heavy atom. The van der Waals surface area contributed by atoms with Gasteiger partial charge in [-0.3, -0.25) is 13.6 Å². The van der Waals surface area contributed by atoms with Crippen LogP contribution in [0.25, 0.3) is 22.4 Å². The minimum Gasteiger partial charge on any atom is -0.358 e. The molecular formula is C25H28ClF2N7O3S. The highest BCUT2D eigenvalue weighted by Gasteiger charge is 2.29. The third-order valence-electron chi connectivity index (χ3n) is 6.80. The van der Waals surface area contributed by atoms with E-state index in [0.29, 0.717) is 41.3 Å². The molecule has 1 unspecified atom stereocenters. The second-order valence-corrected chi connectivity index (χ2v) is 11.9. The van der Waals surface area contributed by atoms with Gasteiger partial charge in [0.1, 0.15) is 16.9 Å². The second kappa shape index (κ2) is 10.4. The predicted octanol–water partition coefficient (Wildman–Crippen LogP) is 5.57. The number of imidazole rings is 1. The molecule has 1 saturated heterocycles. The number of rotatable bonds is 7. The fourth-order valence-electron chi connectivity index (χ4n) is 4.59. The zero-order valence-corrected chi connectivity index (χ0v) is 23.4. The van der Waals surface area contributed by atoms with E-state index in [9.17, 15) is 17.2 Å². The van der Waals surface area contributed by atoms with Gasteiger partial charge in [-0.1, -0.05) is 17.7 Å². The maximum Gasteiger partial charge on any atom is 0.295 e. The number of pyridine rings is 1. The molecular weight excluding hydrogens is 552 g/mol. The molecule has 0 radical (unpaired) electrons. The highest BCUT2D eigenvalue weighted by Crippen LogP contribution is 2.39. The van der Waals surface area contributed by atoms with Crippen molar-refractivity contribution in [3.63, 3.8) is 0 Å². The molecule has 5 rings (SSSR count). The summed E-state index contributed by atoms with van der Waals surface area (Å²) in [4.78, 5) is 8.54. The number of sulfonamides is 1. The number of benzene rings is 1. The molecule has 4 heterocycles. The molecule has 0 bridgehead atoms. The van der Waals surface area contributed by atoms with Crippen LogP contribution >= 0.6 is 11.6 Å². The van der Waals surface area contributed by atoms with E-state index in [1.54, 1.807) is 22.9 Å². The van der Waals surface area contributed by atoms with Crippen LogP contribution in [0.4, 0.5) is 25.8 Å². The lowest BCUT2D eigenvalue weighted by atomic mass is 10.1. The fraction of sp³-hybridized carbons (Fsp3) is 0.400. The van der Waals surface area contributed by atoms with Crippen molar-refractivity contribution in [1.29, 1.82) is 0 Å². The van der Waals surface area contributed by atoms with Gasteiger partial charge in [-0.15, -0.1) is 0 Å². The molecule has 3 aromatic heterocycles. The molecule has 14 heteroatoms. The highest BCUT2D eigenvalue weighted by molar-refractivity contribution is 7.92. The Balaban J connectivity index is 1.65. The van der Waals surface area contributed by atoms with E-state index in [2.05, 4.69) is 20.4 Å². The zero-order chi connectivity index (χ0) is 28.1. The number of aromatic nitrogens is 5. The van der Waals surface area contributed by atoms with Crippen molar-refractivity contribution in [3.05, 3.63) is 47.0 Å². The van der Waals surface area contributed by atoms with Crippen LogP contribution in [-0.4, -0.2) is 52.6 Å². The van der Waals surface area contributed by atoms with Gasteiger partial charge in [-0.05, 0) is 44.4 Å². The van der Waals surface area contributed by atoms with E-state index >= 15 is 0 Å². The lowest BCUT2D eigenvalue weighted by Gasteiger charge is -2.25. The van der Waals surface area contributed by atoms with Gasteiger partial charge in [0.15, 0.2) is 11.5 Å². The molecule has 1 aliphatic rings. The first kappa shape index (κ1) is 27.3. The largest absolute Gasteiger partial charge is 0.358 e. The first-order valence-corrected chi connectivity index (χ1v) is 14.5. The molecule has 1 atom stereocenters. The monoisotopic (exact) mass is 579 g/mol. The third-order valence-corrected chi connectivity index (χ3v) is 8.18. The van der Waals surface area contributed by atoms with Crippen LogP contribution in [0.2, 0.25) is 5.15 Å². The van der Waals surface area contributed by atoms with E-state index in [-0.39, 0.29) is 16.3 Å². The Labute approximate surface area is 229 Å². The van der Waals surface area contributed by atoms with Crippen LogP contribution in [0, 0.1) is 6.92 Å². The number of alkyl halides is 2. The molecule has 0 spiro atoms. The number of fused-ring (bicyclic) bond motifs is 1. The van der Waals surface area contributed by atoms with Crippen LogP contribution in [0.5, 0.6) is 0 Å². The quantitative estimate of drug-likeness (QED) is 0.285. The Morgan fingerprint density at radius 1 is 1.18 bits per heavy atom. The number of halogens is 3. The number of aryl methyl sites for hydroxylation is 2. The SMILES string of the molecule is Cc1cc(-c2ccc(Nc3cc(Cl)nc4c3nc(C(F)F)n4C3CCCCO3)c(N(C)S(C)(=O)=O)c2)nn1C. The number of hydrogen-bond acceptors (Lipinski definition) is 7.